The molecular weight excluding hydrogens is 1330 g/mol. The Hall–Kier alpha value is -8.16. The first-order valence-electron chi connectivity index (χ1n) is 36.5. The van der Waals surface area contributed by atoms with Gasteiger partial charge in [-0.15, -0.1) is 0 Å². The molecule has 8 aromatic carbocycles. The third-order valence-electron chi connectivity index (χ3n) is 18.2. The average Bonchev–Trinajstić information content (AvgIpc) is 0.778. The standard InChI is InChI=1S/C84H104N4O8Si5/c1-97(2,61-21-13-9-17-57-89-81-49-41-77(42-50-81)73-33-25-69(65-85)26-34-73)93-101(94-98(3,4)62-22-14-10-18-58-90-82-51-43-78(44-52-82)74-35-27-70(66-86)28-36-74,95-99(5,6)63-23-15-11-19-59-91-83-53-45-79(46-54-83)75-37-29-71(67-87)30-38-75)96-100(7,8)64-24-16-12-20-60-92-84-55-47-80(48-56-84)76-39-31-72(68-88)32-40-76/h25-56H,9-24,57-64H2,1-8H3. The molecule has 0 aliphatic heterocycles. The van der Waals surface area contributed by atoms with E-state index in [9.17, 15) is 21.0 Å². The summed E-state index contributed by atoms with van der Waals surface area (Å²) in [7, 11) is -13.7. The first kappa shape index (κ1) is 78.6. The van der Waals surface area contributed by atoms with E-state index in [0.29, 0.717) is 48.7 Å². The van der Waals surface area contributed by atoms with Gasteiger partial charge in [-0.1, -0.05) is 174 Å². The van der Waals surface area contributed by atoms with Gasteiger partial charge in [-0.25, -0.2) is 0 Å². The van der Waals surface area contributed by atoms with Crippen LogP contribution < -0.4 is 18.9 Å². The van der Waals surface area contributed by atoms with Gasteiger partial charge in [-0.05, 0) is 244 Å². The van der Waals surface area contributed by atoms with Gasteiger partial charge >= 0.3 is 9.05 Å². The molecule has 0 heterocycles. The molecule has 17 heteroatoms. The zero-order chi connectivity index (χ0) is 71.8. The minimum Gasteiger partial charge on any atom is -0.494 e. The lowest BCUT2D eigenvalue weighted by Crippen LogP contribution is -2.66. The van der Waals surface area contributed by atoms with Crippen LogP contribution in [0.15, 0.2) is 194 Å². The van der Waals surface area contributed by atoms with Gasteiger partial charge in [-0.2, -0.15) is 21.0 Å². The van der Waals surface area contributed by atoms with E-state index in [4.69, 9.17) is 35.4 Å². The van der Waals surface area contributed by atoms with Crippen molar-refractivity contribution >= 4 is 42.3 Å². The Morgan fingerprint density at radius 3 is 0.545 bits per heavy atom. The summed E-state index contributed by atoms with van der Waals surface area (Å²) in [6.45, 7) is 21.5. The Kier molecular flexibility index (Phi) is 31.0. The lowest BCUT2D eigenvalue weighted by molar-refractivity contribution is 0.144. The van der Waals surface area contributed by atoms with E-state index in [1.807, 2.05) is 146 Å². The van der Waals surface area contributed by atoms with Gasteiger partial charge in [-0.3, -0.25) is 0 Å². The van der Waals surface area contributed by atoms with Gasteiger partial charge in [0, 0.05) is 0 Å². The Labute approximate surface area is 608 Å². The van der Waals surface area contributed by atoms with E-state index in [-0.39, 0.29) is 0 Å². The number of ether oxygens (including phenoxy) is 4. The highest BCUT2D eigenvalue weighted by atomic mass is 28.5. The lowest BCUT2D eigenvalue weighted by atomic mass is 10.0. The first-order valence-corrected chi connectivity index (χ1v) is 50.6. The number of nitriles is 4. The minimum atomic E-state index is -3.82. The second-order valence-corrected chi connectivity index (χ2v) is 49.2. The largest absolute Gasteiger partial charge is 0.636 e. The minimum absolute atomic E-state index is 0.652. The predicted octanol–water partition coefficient (Wildman–Crippen LogP) is 23.0. The molecule has 0 N–H and O–H groups in total. The third-order valence-corrected chi connectivity index (χ3v) is 37.3. The summed E-state index contributed by atoms with van der Waals surface area (Å²) >= 11 is 0. The van der Waals surface area contributed by atoms with Crippen LogP contribution in [0.2, 0.25) is 76.6 Å². The highest BCUT2D eigenvalue weighted by molar-refractivity contribution is 6.92. The summed E-state index contributed by atoms with van der Waals surface area (Å²) in [5, 5.41) is 36.9. The molecule has 0 amide bonds. The monoisotopic (exact) mass is 1440 g/mol. The molecule has 0 radical (unpaired) electrons. The van der Waals surface area contributed by atoms with E-state index < -0.39 is 42.3 Å². The number of hydrogen-bond acceptors (Lipinski definition) is 12. The Morgan fingerprint density at radius 1 is 0.218 bits per heavy atom. The highest BCUT2D eigenvalue weighted by Crippen LogP contribution is 2.37. The van der Waals surface area contributed by atoms with Gasteiger partial charge < -0.3 is 35.4 Å². The number of unbranched alkanes of at least 4 members (excludes halogenated alkanes) is 12. The molecule has 0 aliphatic carbocycles. The van der Waals surface area contributed by atoms with Crippen LogP contribution in [0.3, 0.4) is 0 Å². The van der Waals surface area contributed by atoms with Crippen LogP contribution in [0.25, 0.3) is 44.5 Å². The predicted molar refractivity (Wildman–Crippen MR) is 421 cm³/mol. The van der Waals surface area contributed by atoms with E-state index in [2.05, 4.69) is 125 Å². The summed E-state index contributed by atoms with van der Waals surface area (Å²) in [4.78, 5) is 0. The van der Waals surface area contributed by atoms with E-state index >= 15 is 0 Å². The average molecular weight is 1440 g/mol. The number of nitrogens with zero attached hydrogens (tertiary/aromatic N) is 4. The molecule has 8 rings (SSSR count). The van der Waals surface area contributed by atoms with Gasteiger partial charge in [0.15, 0.2) is 33.3 Å². The summed E-state index contributed by atoms with van der Waals surface area (Å²) in [5.74, 6) is 3.43. The molecular formula is C84H104N4O8Si5. The van der Waals surface area contributed by atoms with Crippen molar-refractivity contribution in [3.8, 4) is 91.8 Å². The second kappa shape index (κ2) is 39.9. The van der Waals surface area contributed by atoms with Crippen LogP contribution >= 0.6 is 0 Å². The molecule has 0 saturated carbocycles. The van der Waals surface area contributed by atoms with Gasteiger partial charge in [0.2, 0.25) is 0 Å². The van der Waals surface area contributed by atoms with Crippen molar-refractivity contribution in [2.24, 2.45) is 0 Å². The van der Waals surface area contributed by atoms with E-state index in [0.717, 1.165) is 194 Å². The molecule has 0 saturated heterocycles. The maximum atomic E-state index is 9.24. The zero-order valence-corrected chi connectivity index (χ0v) is 66.0. The van der Waals surface area contributed by atoms with Crippen LogP contribution in [0.4, 0.5) is 0 Å². The third kappa shape index (κ3) is 27.6. The van der Waals surface area contributed by atoms with Crippen LogP contribution in [0.1, 0.15) is 125 Å². The highest BCUT2D eigenvalue weighted by Gasteiger charge is 2.58. The normalized spacial score (nSPS) is 11.8. The summed E-state index contributed by atoms with van der Waals surface area (Å²) in [5.41, 5.74) is 11.3. The quantitative estimate of drug-likeness (QED) is 0.0262. The van der Waals surface area contributed by atoms with Crippen molar-refractivity contribution in [3.05, 3.63) is 216 Å². The smallest absolute Gasteiger partial charge is 0.494 e. The zero-order valence-electron chi connectivity index (χ0n) is 61.0. The number of rotatable bonds is 44. The van der Waals surface area contributed by atoms with Crippen molar-refractivity contribution in [1.82, 2.24) is 0 Å². The molecule has 0 atom stereocenters. The fourth-order valence-electron chi connectivity index (χ4n) is 12.4. The maximum Gasteiger partial charge on any atom is 0.636 e. The Balaban J connectivity index is 0.888. The molecule has 0 unspecified atom stereocenters. The number of benzene rings is 8. The van der Waals surface area contributed by atoms with Crippen LogP contribution in [0.5, 0.6) is 23.0 Å². The van der Waals surface area contributed by atoms with Crippen molar-refractivity contribution in [1.29, 1.82) is 21.0 Å². The fraction of sp³-hybridized carbons (Fsp3) is 0.381. The molecule has 8 aromatic rings. The van der Waals surface area contributed by atoms with Crippen molar-refractivity contribution < 1.29 is 35.4 Å². The number of hydrogen-bond donors (Lipinski definition) is 0. The fourth-order valence-corrected chi connectivity index (χ4v) is 32.5. The maximum absolute atomic E-state index is 9.24. The van der Waals surface area contributed by atoms with E-state index in [1.54, 1.807) is 0 Å². The first-order chi connectivity index (χ1) is 48.7. The van der Waals surface area contributed by atoms with Crippen molar-refractivity contribution in [2.75, 3.05) is 26.4 Å². The molecule has 12 nitrogen and oxygen atoms in total. The summed E-state index contributed by atoms with van der Waals surface area (Å²) in [6.07, 6.45) is 16.5. The Morgan fingerprint density at radius 2 is 0.376 bits per heavy atom. The lowest BCUT2D eigenvalue weighted by Gasteiger charge is -2.46. The van der Waals surface area contributed by atoms with Gasteiger partial charge in [0.25, 0.3) is 0 Å². The molecule has 0 fully saturated rings. The summed E-state index contributed by atoms with van der Waals surface area (Å²) in [6, 6.07) is 76.2. The molecule has 0 spiro atoms. The molecule has 101 heavy (non-hydrogen) atoms. The molecule has 0 bridgehead atoms. The van der Waals surface area contributed by atoms with Gasteiger partial charge in [0.1, 0.15) is 23.0 Å². The SMILES string of the molecule is C[Si](C)(CCCCCCOc1ccc(-c2ccc(C#N)cc2)cc1)O[Si](O[Si](C)(C)CCCCCCOc1ccc(-c2ccc(C#N)cc2)cc1)(O[Si](C)(C)CCCCCCOc1ccc(-c2ccc(C#N)cc2)cc1)O[Si](C)(C)CCCCCCOc1ccc(-c2ccc(C#N)cc2)cc1. The van der Waals surface area contributed by atoms with Crippen molar-refractivity contribution in [2.45, 2.75) is 179 Å². The van der Waals surface area contributed by atoms with Crippen LogP contribution in [-0.4, -0.2) is 68.7 Å². The van der Waals surface area contributed by atoms with Crippen LogP contribution in [-0.2, 0) is 16.5 Å². The molecule has 0 aliphatic rings. The second-order valence-electron chi connectivity index (χ2n) is 28.9. The Bertz CT molecular complexity index is 3420. The summed E-state index contributed by atoms with van der Waals surface area (Å²) < 4.78 is 56.1. The van der Waals surface area contributed by atoms with Crippen molar-refractivity contribution in [3.63, 3.8) is 0 Å². The van der Waals surface area contributed by atoms with Crippen LogP contribution in [0, 0.1) is 45.3 Å². The molecule has 0 aromatic heterocycles. The topological polar surface area (TPSA) is 169 Å². The van der Waals surface area contributed by atoms with Gasteiger partial charge in [0.05, 0.1) is 73.0 Å². The molecule has 528 valence electrons. The van der Waals surface area contributed by atoms with E-state index in [1.165, 1.54) is 0 Å².